The first-order chi connectivity index (χ1) is 17.1. The number of ether oxygens (including phenoxy) is 2. The minimum atomic E-state index is -1.10. The third-order valence-electron chi connectivity index (χ3n) is 5.73. The van der Waals surface area contributed by atoms with E-state index in [4.69, 9.17) is 14.6 Å². The molecule has 0 spiro atoms. The number of aliphatic carboxylic acids is 1. The van der Waals surface area contributed by atoms with Crippen LogP contribution in [0.4, 0.5) is 0 Å². The lowest BCUT2D eigenvalue weighted by Gasteiger charge is -2.05. The molecule has 0 saturated carbocycles. The van der Waals surface area contributed by atoms with Crippen molar-refractivity contribution in [3.63, 3.8) is 0 Å². The minimum Gasteiger partial charge on any atom is -0.480 e. The van der Waals surface area contributed by atoms with Crippen molar-refractivity contribution in [2.24, 2.45) is 0 Å². The fraction of sp³-hybridized carbons (Fsp3) is 0.613. The Morgan fingerprint density at radius 1 is 0.611 bits per heavy atom. The summed E-state index contributed by atoms with van der Waals surface area (Å²) in [5.41, 5.74) is 7.09. The highest BCUT2D eigenvalue weighted by molar-refractivity contribution is 5.72. The molecule has 0 aliphatic carbocycles. The van der Waals surface area contributed by atoms with Crippen molar-refractivity contribution in [1.82, 2.24) is 0 Å². The van der Waals surface area contributed by atoms with E-state index in [1.165, 1.54) is 27.9 Å². The van der Waals surface area contributed by atoms with Gasteiger partial charge >= 0.3 is 11.9 Å². The van der Waals surface area contributed by atoms with Gasteiger partial charge in [0, 0.05) is 0 Å². The molecule has 0 heterocycles. The van der Waals surface area contributed by atoms with Gasteiger partial charge in [0.15, 0.2) is 0 Å². The normalized spacial score (nSPS) is 13.1. The van der Waals surface area contributed by atoms with Gasteiger partial charge in [0.1, 0.15) is 13.2 Å². The molecule has 5 nitrogen and oxygen atoms in total. The Balaban J connectivity index is 3.98. The van der Waals surface area contributed by atoms with Gasteiger partial charge < -0.3 is 14.6 Å². The maximum atomic E-state index is 11.4. The van der Waals surface area contributed by atoms with Gasteiger partial charge in [0.25, 0.3) is 0 Å². The highest BCUT2D eigenvalue weighted by Crippen LogP contribution is 2.14. The van der Waals surface area contributed by atoms with Crippen LogP contribution in [0.2, 0.25) is 0 Å². The first kappa shape index (κ1) is 33.6. The smallest absolute Gasteiger partial charge is 0.332 e. The number of hydrogen-bond acceptors (Lipinski definition) is 4. The van der Waals surface area contributed by atoms with Crippen LogP contribution in [-0.4, -0.2) is 36.9 Å². The van der Waals surface area contributed by atoms with Crippen LogP contribution in [0, 0.1) is 0 Å². The van der Waals surface area contributed by atoms with Crippen LogP contribution in [0.3, 0.4) is 0 Å². The fourth-order valence-electron chi connectivity index (χ4n) is 3.55. The number of rotatable bonds is 20. The summed E-state index contributed by atoms with van der Waals surface area (Å²) in [7, 11) is 0. The molecule has 0 radical (unpaired) electrons. The van der Waals surface area contributed by atoms with Gasteiger partial charge in [-0.15, -0.1) is 0 Å². The van der Waals surface area contributed by atoms with Gasteiger partial charge in [0.2, 0.25) is 0 Å². The molecular weight excluding hydrogens is 452 g/mol. The number of carbonyl (C=O) groups is 2. The van der Waals surface area contributed by atoms with Crippen LogP contribution in [0.5, 0.6) is 0 Å². The van der Waals surface area contributed by atoms with E-state index in [2.05, 4.69) is 71.9 Å². The van der Waals surface area contributed by atoms with Crippen molar-refractivity contribution in [1.29, 1.82) is 0 Å². The third kappa shape index (κ3) is 23.3. The molecule has 0 atom stereocenters. The number of carbonyl (C=O) groups excluding carboxylic acids is 1. The molecule has 0 saturated heterocycles. The summed E-state index contributed by atoms with van der Waals surface area (Å²) in [5.74, 6) is -1.63. The molecule has 204 valence electrons. The van der Waals surface area contributed by atoms with Crippen molar-refractivity contribution in [3.8, 4) is 0 Å². The van der Waals surface area contributed by atoms with Crippen LogP contribution in [0.15, 0.2) is 58.2 Å². The van der Waals surface area contributed by atoms with Crippen molar-refractivity contribution in [3.05, 3.63) is 58.2 Å². The molecule has 5 heteroatoms. The number of esters is 1. The predicted molar refractivity (Wildman–Crippen MR) is 150 cm³/mol. The number of allylic oxidation sites excluding steroid dienone is 10. The Bertz CT molecular complexity index is 792. The lowest BCUT2D eigenvalue weighted by Crippen LogP contribution is -2.17. The predicted octanol–water partition coefficient (Wildman–Crippen LogP) is 8.28. The average Bonchev–Trinajstić information content (AvgIpc) is 2.79. The van der Waals surface area contributed by atoms with Gasteiger partial charge in [0.05, 0.1) is 6.61 Å². The maximum absolute atomic E-state index is 11.4. The quantitative estimate of drug-likeness (QED) is 0.103. The van der Waals surface area contributed by atoms with E-state index in [0.29, 0.717) is 6.61 Å². The molecule has 0 aliphatic rings. The summed E-state index contributed by atoms with van der Waals surface area (Å²) < 4.78 is 9.74. The Labute approximate surface area is 220 Å². The van der Waals surface area contributed by atoms with Gasteiger partial charge in [-0.2, -0.15) is 0 Å². The van der Waals surface area contributed by atoms with Crippen LogP contribution >= 0.6 is 0 Å². The zero-order valence-electron chi connectivity index (χ0n) is 23.7. The SMILES string of the molecule is CC(C)=CCC/C(C)=C/CCC(C)=CCC/C=C(\C)CCC=C(C)CCCOC(=O)COCC(=O)O. The van der Waals surface area contributed by atoms with E-state index in [1.54, 1.807) is 0 Å². The largest absolute Gasteiger partial charge is 0.480 e. The van der Waals surface area contributed by atoms with Crippen molar-refractivity contribution >= 4 is 11.9 Å². The summed E-state index contributed by atoms with van der Waals surface area (Å²) in [6.07, 6.45) is 22.2. The van der Waals surface area contributed by atoms with Crippen LogP contribution < -0.4 is 0 Å². The lowest BCUT2D eigenvalue weighted by molar-refractivity contribution is -0.152. The third-order valence-corrected chi connectivity index (χ3v) is 5.73. The van der Waals surface area contributed by atoms with Crippen molar-refractivity contribution < 1.29 is 24.2 Å². The monoisotopic (exact) mass is 502 g/mol. The summed E-state index contributed by atoms with van der Waals surface area (Å²) in [4.78, 5) is 21.7. The molecule has 36 heavy (non-hydrogen) atoms. The Kier molecular flexibility index (Phi) is 20.4. The summed E-state index contributed by atoms with van der Waals surface area (Å²) >= 11 is 0. The van der Waals surface area contributed by atoms with Crippen LogP contribution in [0.1, 0.15) is 106 Å². The minimum absolute atomic E-state index is 0.318. The van der Waals surface area contributed by atoms with Crippen LogP contribution in [-0.2, 0) is 19.1 Å². The van der Waals surface area contributed by atoms with E-state index < -0.39 is 18.5 Å². The first-order valence-electron chi connectivity index (χ1n) is 13.3. The van der Waals surface area contributed by atoms with Gasteiger partial charge in [-0.3, -0.25) is 0 Å². The molecule has 0 aliphatic heterocycles. The number of carboxylic acids is 1. The Hall–Kier alpha value is -2.40. The van der Waals surface area contributed by atoms with Gasteiger partial charge in [-0.1, -0.05) is 58.2 Å². The highest BCUT2D eigenvalue weighted by atomic mass is 16.6. The molecule has 0 aromatic heterocycles. The first-order valence-corrected chi connectivity index (χ1v) is 13.3. The van der Waals surface area contributed by atoms with Crippen LogP contribution in [0.25, 0.3) is 0 Å². The van der Waals surface area contributed by atoms with E-state index in [9.17, 15) is 9.59 Å². The van der Waals surface area contributed by atoms with Crippen molar-refractivity contribution in [2.45, 2.75) is 106 Å². The van der Waals surface area contributed by atoms with E-state index >= 15 is 0 Å². The second-order valence-electron chi connectivity index (χ2n) is 9.89. The lowest BCUT2D eigenvalue weighted by atomic mass is 10.0. The van der Waals surface area contributed by atoms with Crippen molar-refractivity contribution in [2.75, 3.05) is 19.8 Å². The fourth-order valence-corrected chi connectivity index (χ4v) is 3.55. The molecule has 0 amide bonds. The summed E-state index contributed by atoms with van der Waals surface area (Å²) in [6.45, 7) is 12.6. The summed E-state index contributed by atoms with van der Waals surface area (Å²) in [5, 5.41) is 8.46. The average molecular weight is 503 g/mol. The summed E-state index contributed by atoms with van der Waals surface area (Å²) in [6, 6.07) is 0. The molecule has 0 rings (SSSR count). The van der Waals surface area contributed by atoms with E-state index in [0.717, 1.165) is 64.2 Å². The standard InChI is InChI=1S/C31H50O5/c1-25(2)13-9-16-28(5)19-10-17-26(3)14-7-8-15-27(4)18-11-20-29(6)21-12-22-36-31(34)24-35-23-30(32)33/h13-15,19-20H,7-12,16-18,21-24H2,1-6H3,(H,32,33)/b26-14?,27-15+,28-19+,29-20?. The molecule has 0 bridgehead atoms. The molecule has 1 N–H and O–H groups in total. The number of unbranched alkanes of at least 4 members (excludes halogenated alkanes) is 1. The number of carboxylic acid groups (broad SMARTS) is 1. The topological polar surface area (TPSA) is 72.8 Å². The maximum Gasteiger partial charge on any atom is 0.332 e. The second kappa shape index (κ2) is 21.8. The zero-order valence-corrected chi connectivity index (χ0v) is 23.7. The molecule has 0 aromatic rings. The highest BCUT2D eigenvalue weighted by Gasteiger charge is 2.05. The molecule has 0 unspecified atom stereocenters. The molecule has 0 aromatic carbocycles. The Morgan fingerprint density at radius 2 is 1.06 bits per heavy atom. The van der Waals surface area contributed by atoms with Gasteiger partial charge in [-0.25, -0.2) is 9.59 Å². The van der Waals surface area contributed by atoms with E-state index in [-0.39, 0.29) is 6.61 Å². The second-order valence-corrected chi connectivity index (χ2v) is 9.89. The Morgan fingerprint density at radius 3 is 1.53 bits per heavy atom. The number of hydrogen-bond donors (Lipinski definition) is 1. The molecule has 0 fully saturated rings. The van der Waals surface area contributed by atoms with E-state index in [1.807, 2.05) is 0 Å². The van der Waals surface area contributed by atoms with Gasteiger partial charge in [-0.05, 0) is 106 Å². The molecular formula is C31H50O5. The zero-order chi connectivity index (χ0) is 27.2.